The van der Waals surface area contributed by atoms with Crippen LogP contribution in [0, 0.1) is 5.92 Å². The Morgan fingerprint density at radius 1 is 1.33 bits per heavy atom. The van der Waals surface area contributed by atoms with E-state index in [1.807, 2.05) is 6.92 Å². The van der Waals surface area contributed by atoms with Crippen molar-refractivity contribution in [2.75, 3.05) is 12.0 Å². The van der Waals surface area contributed by atoms with Gasteiger partial charge in [0.15, 0.2) is 0 Å². The van der Waals surface area contributed by atoms with Crippen LogP contribution in [-0.4, -0.2) is 25.0 Å². The molecule has 1 unspecified atom stereocenters. The third-order valence-corrected chi connectivity index (χ3v) is 3.53. The minimum absolute atomic E-state index is 0.277. The van der Waals surface area contributed by atoms with Crippen LogP contribution < -0.4 is 15.0 Å². The van der Waals surface area contributed by atoms with Crippen molar-refractivity contribution in [2.24, 2.45) is 5.92 Å². The number of hydrogen-bond donors (Lipinski definition) is 1. The van der Waals surface area contributed by atoms with Gasteiger partial charge >= 0.3 is 6.03 Å². The molecule has 1 N–H and O–H groups in total. The molecule has 0 aromatic heterocycles. The number of nitrogens with zero attached hydrogens (tertiary/aromatic N) is 1. The van der Waals surface area contributed by atoms with E-state index in [1.54, 1.807) is 12.1 Å². The molecule has 1 aliphatic heterocycles. The van der Waals surface area contributed by atoms with E-state index in [9.17, 15) is 14.4 Å². The van der Waals surface area contributed by atoms with Gasteiger partial charge in [-0.1, -0.05) is 24.9 Å². The summed E-state index contributed by atoms with van der Waals surface area (Å²) in [5, 5.41) is 2.47. The van der Waals surface area contributed by atoms with Crippen molar-refractivity contribution in [1.29, 1.82) is 0 Å². The van der Waals surface area contributed by atoms with Gasteiger partial charge in [-0.25, -0.2) is 9.69 Å². The zero-order valence-corrected chi connectivity index (χ0v) is 12.4. The maximum Gasteiger partial charge on any atom is 0.335 e. The van der Waals surface area contributed by atoms with Crippen molar-refractivity contribution in [3.63, 3.8) is 0 Å². The van der Waals surface area contributed by atoms with Gasteiger partial charge in [0.05, 0.1) is 17.8 Å². The van der Waals surface area contributed by atoms with Crippen LogP contribution in [0.2, 0.25) is 5.02 Å². The molecular weight excluding hydrogens is 296 g/mol. The van der Waals surface area contributed by atoms with Crippen LogP contribution in [0.3, 0.4) is 0 Å². The minimum atomic E-state index is -0.853. The molecule has 7 heteroatoms. The summed E-state index contributed by atoms with van der Waals surface area (Å²) in [4.78, 5) is 37.0. The Labute approximate surface area is 127 Å². The summed E-state index contributed by atoms with van der Waals surface area (Å²) in [6.07, 6.45) is 1.05. The monoisotopic (exact) mass is 310 g/mol. The van der Waals surface area contributed by atoms with E-state index in [0.717, 1.165) is 4.90 Å². The highest BCUT2D eigenvalue weighted by atomic mass is 35.5. The first-order valence-corrected chi connectivity index (χ1v) is 6.89. The second kappa shape index (κ2) is 6.13. The number of barbiturate groups is 1. The highest BCUT2D eigenvalue weighted by molar-refractivity contribution is 6.33. The van der Waals surface area contributed by atoms with E-state index in [1.165, 1.54) is 13.2 Å². The second-order valence-corrected chi connectivity index (χ2v) is 5.04. The van der Waals surface area contributed by atoms with Crippen molar-refractivity contribution in [2.45, 2.75) is 19.8 Å². The molecule has 1 aromatic carbocycles. The first kappa shape index (κ1) is 15.3. The molecule has 0 radical (unpaired) electrons. The van der Waals surface area contributed by atoms with Crippen LogP contribution in [0.5, 0.6) is 5.75 Å². The molecule has 21 heavy (non-hydrogen) atoms. The van der Waals surface area contributed by atoms with E-state index < -0.39 is 23.8 Å². The van der Waals surface area contributed by atoms with Crippen molar-refractivity contribution < 1.29 is 19.1 Å². The number of carbonyl (C=O) groups excluding carboxylic acids is 3. The Hall–Kier alpha value is -2.08. The Kier molecular flexibility index (Phi) is 4.47. The van der Waals surface area contributed by atoms with Crippen LogP contribution >= 0.6 is 11.6 Å². The Balaban J connectivity index is 2.37. The highest BCUT2D eigenvalue weighted by Gasteiger charge is 2.40. The van der Waals surface area contributed by atoms with Gasteiger partial charge in [-0.05, 0) is 24.6 Å². The minimum Gasteiger partial charge on any atom is -0.495 e. The van der Waals surface area contributed by atoms with E-state index >= 15 is 0 Å². The Bertz CT molecular complexity index is 603. The van der Waals surface area contributed by atoms with Crippen molar-refractivity contribution >= 4 is 35.1 Å². The summed E-state index contributed by atoms with van der Waals surface area (Å²) in [6.45, 7) is 1.87. The number of hydrogen-bond acceptors (Lipinski definition) is 4. The smallest absolute Gasteiger partial charge is 0.335 e. The Morgan fingerprint density at radius 2 is 2.05 bits per heavy atom. The fourth-order valence-corrected chi connectivity index (χ4v) is 2.45. The van der Waals surface area contributed by atoms with Crippen LogP contribution in [-0.2, 0) is 9.59 Å². The van der Waals surface area contributed by atoms with Crippen molar-refractivity contribution in [3.05, 3.63) is 23.2 Å². The van der Waals surface area contributed by atoms with E-state index in [2.05, 4.69) is 5.32 Å². The van der Waals surface area contributed by atoms with Gasteiger partial charge in [-0.2, -0.15) is 0 Å². The lowest BCUT2D eigenvalue weighted by atomic mass is 9.99. The summed E-state index contributed by atoms with van der Waals surface area (Å²) in [5.74, 6) is -1.51. The zero-order chi connectivity index (χ0) is 15.6. The predicted octanol–water partition coefficient (Wildman–Crippen LogP) is 2.35. The van der Waals surface area contributed by atoms with Gasteiger partial charge in [-0.3, -0.25) is 14.9 Å². The standard InChI is InChI=1S/C14H15ClN2O4/c1-3-4-9-12(18)16-14(20)17(13(9)19)8-5-6-11(21-2)10(15)7-8/h5-7,9H,3-4H2,1-2H3,(H,16,18,20). The number of ether oxygens (including phenoxy) is 1. The number of methoxy groups -OCH3 is 1. The number of halogens is 1. The fourth-order valence-electron chi connectivity index (χ4n) is 2.20. The molecule has 1 fully saturated rings. The second-order valence-electron chi connectivity index (χ2n) is 4.63. The summed E-state index contributed by atoms with van der Waals surface area (Å²) >= 11 is 6.01. The van der Waals surface area contributed by atoms with Gasteiger partial charge in [0.25, 0.3) is 0 Å². The van der Waals surface area contributed by atoms with Crippen LogP contribution in [0.25, 0.3) is 0 Å². The maximum absolute atomic E-state index is 12.4. The third kappa shape index (κ3) is 2.85. The normalized spacial score (nSPS) is 18.7. The summed E-state index contributed by atoms with van der Waals surface area (Å²) in [5.41, 5.74) is 0.303. The van der Waals surface area contributed by atoms with E-state index in [-0.39, 0.29) is 5.02 Å². The number of imide groups is 2. The van der Waals surface area contributed by atoms with Crippen LogP contribution in [0.15, 0.2) is 18.2 Å². The number of amides is 4. The number of carbonyl (C=O) groups is 3. The first-order chi connectivity index (χ1) is 9.99. The molecule has 1 aliphatic rings. The molecule has 4 amide bonds. The predicted molar refractivity (Wildman–Crippen MR) is 77.4 cm³/mol. The average molecular weight is 311 g/mol. The third-order valence-electron chi connectivity index (χ3n) is 3.24. The number of rotatable bonds is 4. The summed E-state index contributed by atoms with van der Waals surface area (Å²) in [7, 11) is 1.47. The van der Waals surface area contributed by atoms with Crippen molar-refractivity contribution in [1.82, 2.24) is 5.32 Å². The topological polar surface area (TPSA) is 75.7 Å². The highest BCUT2D eigenvalue weighted by Crippen LogP contribution is 2.31. The number of anilines is 1. The molecular formula is C14H15ClN2O4. The summed E-state index contributed by atoms with van der Waals surface area (Å²) in [6, 6.07) is 3.79. The molecule has 0 aliphatic carbocycles. The Morgan fingerprint density at radius 3 is 2.62 bits per heavy atom. The molecule has 0 spiro atoms. The molecule has 0 saturated carbocycles. The van der Waals surface area contributed by atoms with Crippen LogP contribution in [0.1, 0.15) is 19.8 Å². The van der Waals surface area contributed by atoms with Gasteiger partial charge in [-0.15, -0.1) is 0 Å². The van der Waals surface area contributed by atoms with Gasteiger partial charge in [0.2, 0.25) is 11.8 Å². The number of nitrogens with one attached hydrogen (secondary N) is 1. The number of urea groups is 1. The molecule has 1 heterocycles. The zero-order valence-electron chi connectivity index (χ0n) is 11.7. The molecule has 0 bridgehead atoms. The molecule has 1 aromatic rings. The lowest BCUT2D eigenvalue weighted by Crippen LogP contribution is -2.58. The van der Waals surface area contributed by atoms with Gasteiger partial charge < -0.3 is 4.74 Å². The van der Waals surface area contributed by atoms with Crippen LogP contribution in [0.4, 0.5) is 10.5 Å². The van der Waals surface area contributed by atoms with Crippen molar-refractivity contribution in [3.8, 4) is 5.75 Å². The van der Waals surface area contributed by atoms with E-state index in [4.69, 9.17) is 16.3 Å². The maximum atomic E-state index is 12.4. The molecule has 112 valence electrons. The van der Waals surface area contributed by atoms with Gasteiger partial charge in [0.1, 0.15) is 11.7 Å². The SMILES string of the molecule is CCCC1C(=O)NC(=O)N(c2ccc(OC)c(Cl)c2)C1=O. The summed E-state index contributed by atoms with van der Waals surface area (Å²) < 4.78 is 5.03. The molecule has 2 rings (SSSR count). The van der Waals surface area contributed by atoms with E-state index in [0.29, 0.717) is 24.3 Å². The van der Waals surface area contributed by atoms with Gasteiger partial charge in [0, 0.05) is 0 Å². The quantitative estimate of drug-likeness (QED) is 0.866. The molecule has 6 nitrogen and oxygen atoms in total. The molecule has 1 atom stereocenters. The lowest BCUT2D eigenvalue weighted by molar-refractivity contribution is -0.134. The first-order valence-electron chi connectivity index (χ1n) is 6.52. The molecule has 1 saturated heterocycles. The average Bonchev–Trinajstić information content (AvgIpc) is 2.43. The lowest BCUT2D eigenvalue weighted by Gasteiger charge is -2.30. The number of benzene rings is 1. The fraction of sp³-hybridized carbons (Fsp3) is 0.357. The largest absolute Gasteiger partial charge is 0.495 e.